The summed E-state index contributed by atoms with van der Waals surface area (Å²) in [6.07, 6.45) is -0.859. The third-order valence-electron chi connectivity index (χ3n) is 2.00. The largest absolute Gasteiger partial charge is 0.385 e. The van der Waals surface area contributed by atoms with Crippen molar-refractivity contribution < 1.29 is 13.9 Å². The molecule has 84 valence electrons. The first-order valence-electron chi connectivity index (χ1n) is 4.73. The molecule has 4 heteroatoms. The maximum atomic E-state index is 13.1. The Bertz CT molecular complexity index is 183. The van der Waals surface area contributed by atoms with Crippen molar-refractivity contribution in [1.82, 2.24) is 0 Å². The summed E-state index contributed by atoms with van der Waals surface area (Å²) in [4.78, 5) is 0. The smallest absolute Gasteiger partial charge is 0.278 e. The number of hydrogen-bond acceptors (Lipinski definition) is 2. The molecule has 0 aromatic rings. The van der Waals surface area contributed by atoms with Crippen LogP contribution in [0.25, 0.3) is 0 Å². The molecule has 0 radical (unpaired) electrons. The summed E-state index contributed by atoms with van der Waals surface area (Å²) in [5, 5.41) is 9.30. The van der Waals surface area contributed by atoms with Gasteiger partial charge in [0.05, 0.1) is 0 Å². The molecule has 0 fully saturated rings. The van der Waals surface area contributed by atoms with Gasteiger partial charge in [-0.25, -0.2) is 8.78 Å². The molecule has 0 saturated carbocycles. The quantitative estimate of drug-likeness (QED) is 0.654. The first-order chi connectivity index (χ1) is 6.31. The van der Waals surface area contributed by atoms with Crippen LogP contribution >= 0.6 is 0 Å². The van der Waals surface area contributed by atoms with Crippen molar-refractivity contribution in [3.05, 3.63) is 12.7 Å². The number of aliphatic hydroxyl groups is 1. The molecule has 0 aromatic carbocycles. The maximum Gasteiger partial charge on any atom is 0.278 e. The van der Waals surface area contributed by atoms with Gasteiger partial charge < -0.3 is 10.8 Å². The van der Waals surface area contributed by atoms with E-state index in [1.165, 1.54) is 0 Å². The molecule has 3 N–H and O–H groups in total. The van der Waals surface area contributed by atoms with Crippen molar-refractivity contribution in [3.63, 3.8) is 0 Å². The van der Waals surface area contributed by atoms with E-state index < -0.39 is 24.5 Å². The molecule has 2 nitrogen and oxygen atoms in total. The Labute approximate surface area is 83.8 Å². The zero-order chi connectivity index (χ0) is 11.4. The second-order valence-electron chi connectivity index (χ2n) is 3.99. The summed E-state index contributed by atoms with van der Waals surface area (Å²) in [5.41, 5.74) is 5.47. The van der Waals surface area contributed by atoms with E-state index in [4.69, 9.17) is 5.73 Å². The molecule has 0 aromatic heterocycles. The van der Waals surface area contributed by atoms with Gasteiger partial charge in [-0.05, 0) is 12.3 Å². The molecule has 0 heterocycles. The lowest BCUT2D eigenvalue weighted by atomic mass is 9.95. The minimum absolute atomic E-state index is 0.194. The van der Waals surface area contributed by atoms with Crippen LogP contribution in [-0.2, 0) is 0 Å². The lowest BCUT2D eigenvalue weighted by Crippen LogP contribution is -2.47. The van der Waals surface area contributed by atoms with E-state index in [-0.39, 0.29) is 5.92 Å². The first kappa shape index (κ1) is 13.5. The second-order valence-corrected chi connectivity index (χ2v) is 3.99. The van der Waals surface area contributed by atoms with Crippen LogP contribution in [0.1, 0.15) is 26.7 Å². The van der Waals surface area contributed by atoms with Crippen LogP contribution in [0.3, 0.4) is 0 Å². The lowest BCUT2D eigenvalue weighted by molar-refractivity contribution is -0.116. The Hall–Kier alpha value is -0.480. The van der Waals surface area contributed by atoms with Crippen molar-refractivity contribution >= 4 is 0 Å². The van der Waals surface area contributed by atoms with Crippen LogP contribution in [0, 0.1) is 5.92 Å². The van der Waals surface area contributed by atoms with Crippen LogP contribution in [-0.4, -0.2) is 23.2 Å². The Morgan fingerprint density at radius 2 is 2.00 bits per heavy atom. The Balaban J connectivity index is 4.27. The predicted octanol–water partition coefficient (Wildman–Crippen LogP) is 1.93. The van der Waals surface area contributed by atoms with Crippen LogP contribution in [0.2, 0.25) is 0 Å². The summed E-state index contributed by atoms with van der Waals surface area (Å²) in [5.74, 6) is -2.98. The molecule has 0 amide bonds. The number of halogens is 2. The van der Waals surface area contributed by atoms with Crippen LogP contribution < -0.4 is 5.73 Å². The number of hydrogen-bond donors (Lipinski definition) is 2. The van der Waals surface area contributed by atoms with Crippen LogP contribution in [0.15, 0.2) is 12.7 Å². The average molecular weight is 207 g/mol. The summed E-state index contributed by atoms with van der Waals surface area (Å²) >= 11 is 0. The summed E-state index contributed by atoms with van der Waals surface area (Å²) in [6.45, 7) is 6.96. The topological polar surface area (TPSA) is 46.2 Å². The van der Waals surface area contributed by atoms with Crippen LogP contribution in [0.4, 0.5) is 8.78 Å². The minimum Gasteiger partial charge on any atom is -0.385 e. The Kier molecular flexibility index (Phi) is 5.23. The minimum atomic E-state index is -3.17. The van der Waals surface area contributed by atoms with Gasteiger partial charge in [-0.2, -0.15) is 0 Å². The molecule has 0 bridgehead atoms. The number of rotatable bonds is 6. The Morgan fingerprint density at radius 1 is 1.50 bits per heavy atom. The molecule has 0 aliphatic heterocycles. The molecular formula is C10H19F2NO. The summed E-state index contributed by atoms with van der Waals surface area (Å²) in [7, 11) is 0. The molecule has 0 saturated heterocycles. The van der Waals surface area contributed by atoms with Crippen molar-refractivity contribution in [1.29, 1.82) is 0 Å². The highest BCUT2D eigenvalue weighted by molar-refractivity contribution is 4.90. The standard InChI is InChI=1S/C10H19F2NO/c1-4-5-10(11,12)9(14)8(13)6-7(2)3/h4,7-9,14H,1,5-6,13H2,2-3H3. The number of aliphatic hydroxyl groups excluding tert-OH is 1. The predicted molar refractivity (Wildman–Crippen MR) is 53.2 cm³/mol. The monoisotopic (exact) mass is 207 g/mol. The number of allylic oxidation sites excluding steroid dienone is 1. The van der Waals surface area contributed by atoms with Crippen molar-refractivity contribution in [2.24, 2.45) is 11.7 Å². The van der Waals surface area contributed by atoms with Gasteiger partial charge in [0.2, 0.25) is 0 Å². The zero-order valence-corrected chi connectivity index (χ0v) is 8.71. The molecule has 14 heavy (non-hydrogen) atoms. The molecule has 0 aliphatic rings. The first-order valence-corrected chi connectivity index (χ1v) is 4.73. The third kappa shape index (κ3) is 4.15. The van der Waals surface area contributed by atoms with Crippen molar-refractivity contribution in [3.8, 4) is 0 Å². The van der Waals surface area contributed by atoms with Gasteiger partial charge >= 0.3 is 0 Å². The highest BCUT2D eigenvalue weighted by atomic mass is 19.3. The van der Waals surface area contributed by atoms with E-state index >= 15 is 0 Å². The normalized spacial score (nSPS) is 16.8. The van der Waals surface area contributed by atoms with E-state index in [2.05, 4.69) is 6.58 Å². The average Bonchev–Trinajstić information content (AvgIpc) is 2.01. The fraction of sp³-hybridized carbons (Fsp3) is 0.800. The highest BCUT2D eigenvalue weighted by Gasteiger charge is 2.40. The zero-order valence-electron chi connectivity index (χ0n) is 8.71. The number of alkyl halides is 2. The molecule has 0 spiro atoms. The molecule has 2 unspecified atom stereocenters. The van der Waals surface area contributed by atoms with Crippen molar-refractivity contribution in [2.75, 3.05) is 0 Å². The van der Waals surface area contributed by atoms with E-state index in [1.54, 1.807) is 0 Å². The van der Waals surface area contributed by atoms with Crippen LogP contribution in [0.5, 0.6) is 0 Å². The summed E-state index contributed by atoms with van der Waals surface area (Å²) in [6, 6.07) is -0.884. The lowest BCUT2D eigenvalue weighted by Gasteiger charge is -2.27. The van der Waals surface area contributed by atoms with E-state index in [0.717, 1.165) is 6.08 Å². The van der Waals surface area contributed by atoms with Crippen molar-refractivity contribution in [2.45, 2.75) is 44.8 Å². The highest BCUT2D eigenvalue weighted by Crippen LogP contribution is 2.26. The molecular weight excluding hydrogens is 188 g/mol. The maximum absolute atomic E-state index is 13.1. The number of nitrogens with two attached hydrogens (primary N) is 1. The molecule has 2 atom stereocenters. The van der Waals surface area contributed by atoms with Gasteiger partial charge in [0.1, 0.15) is 6.10 Å². The van der Waals surface area contributed by atoms with Gasteiger partial charge in [-0.1, -0.05) is 19.9 Å². The fourth-order valence-electron chi connectivity index (χ4n) is 1.30. The van der Waals surface area contributed by atoms with E-state index in [0.29, 0.717) is 6.42 Å². The second kappa shape index (κ2) is 5.41. The van der Waals surface area contributed by atoms with Gasteiger partial charge in [-0.3, -0.25) is 0 Å². The Morgan fingerprint density at radius 3 is 2.36 bits per heavy atom. The van der Waals surface area contributed by atoms with E-state index in [1.807, 2.05) is 13.8 Å². The van der Waals surface area contributed by atoms with E-state index in [9.17, 15) is 13.9 Å². The fourth-order valence-corrected chi connectivity index (χ4v) is 1.30. The summed E-state index contributed by atoms with van der Waals surface area (Å²) < 4.78 is 26.2. The third-order valence-corrected chi connectivity index (χ3v) is 2.00. The van der Waals surface area contributed by atoms with Gasteiger partial charge in [0.15, 0.2) is 0 Å². The van der Waals surface area contributed by atoms with Gasteiger partial charge in [0, 0.05) is 12.5 Å². The molecule has 0 aliphatic carbocycles. The molecule has 0 rings (SSSR count). The SMILES string of the molecule is C=CCC(F)(F)C(O)C(N)CC(C)C. The van der Waals surface area contributed by atoms with Gasteiger partial charge in [-0.15, -0.1) is 6.58 Å². The van der Waals surface area contributed by atoms with Gasteiger partial charge in [0.25, 0.3) is 5.92 Å².